The maximum absolute atomic E-state index is 15.1. The number of likely N-dealkylation sites (tertiary alicyclic amines) is 1. The van der Waals surface area contributed by atoms with Crippen LogP contribution in [0, 0.1) is 11.2 Å². The molecule has 0 spiro atoms. The summed E-state index contributed by atoms with van der Waals surface area (Å²) < 4.78 is 25.0. The van der Waals surface area contributed by atoms with E-state index in [4.69, 9.17) is 16.2 Å². The highest BCUT2D eigenvalue weighted by Crippen LogP contribution is 2.24. The molecule has 1 heterocycles. The summed E-state index contributed by atoms with van der Waals surface area (Å²) in [7, 11) is 1.71. The zero-order valence-corrected chi connectivity index (χ0v) is 28.0. The molecule has 2 rings (SSSR count). The second-order valence-electron chi connectivity index (χ2n) is 13.6. The lowest BCUT2D eigenvalue weighted by atomic mass is 9.92. The minimum Gasteiger partial charge on any atom is -0.450 e. The van der Waals surface area contributed by atoms with Crippen LogP contribution in [0.3, 0.4) is 0 Å². The lowest BCUT2D eigenvalue weighted by Crippen LogP contribution is -2.45. The van der Waals surface area contributed by atoms with E-state index in [2.05, 4.69) is 30.8 Å². The fourth-order valence-electron chi connectivity index (χ4n) is 4.61. The molecule has 1 aliphatic rings. The number of carbonyl (C=O) groups is 4. The maximum Gasteiger partial charge on any atom is 0.407 e. The number of aliphatic hydroxyl groups excluding tert-OH is 1. The van der Waals surface area contributed by atoms with Gasteiger partial charge in [0.05, 0.1) is 24.4 Å². The van der Waals surface area contributed by atoms with Crippen molar-refractivity contribution in [2.45, 2.75) is 104 Å². The highest BCUT2D eigenvalue weighted by atomic mass is 19.1. The van der Waals surface area contributed by atoms with Gasteiger partial charge in [-0.05, 0) is 69.9 Å². The first-order valence-electron chi connectivity index (χ1n) is 15.4. The van der Waals surface area contributed by atoms with Gasteiger partial charge in [-0.1, -0.05) is 32.9 Å². The third-order valence-corrected chi connectivity index (χ3v) is 6.71. The van der Waals surface area contributed by atoms with Crippen molar-refractivity contribution in [2.75, 3.05) is 38.2 Å². The first kappa shape index (κ1) is 39.4. The van der Waals surface area contributed by atoms with Crippen molar-refractivity contribution in [3.05, 3.63) is 29.6 Å². The van der Waals surface area contributed by atoms with Crippen LogP contribution in [-0.4, -0.2) is 85.0 Å². The highest BCUT2D eigenvalue weighted by Gasteiger charge is 2.27. The summed E-state index contributed by atoms with van der Waals surface area (Å²) in [6.07, 6.45) is 1.58. The van der Waals surface area contributed by atoms with Crippen LogP contribution in [0.25, 0.3) is 0 Å². The predicted molar refractivity (Wildman–Crippen MR) is 171 cm³/mol. The molecule has 4 amide bonds. The van der Waals surface area contributed by atoms with E-state index in [1.807, 2.05) is 0 Å². The number of aliphatic hydroxyl groups is 1. The molecular weight excluding hydrogens is 585 g/mol. The number of hydrogen-bond acceptors (Lipinski definition) is 8. The van der Waals surface area contributed by atoms with Crippen molar-refractivity contribution in [1.82, 2.24) is 10.2 Å². The van der Waals surface area contributed by atoms with Gasteiger partial charge in [0.1, 0.15) is 11.4 Å². The lowest BCUT2D eigenvalue weighted by molar-refractivity contribution is -0.132. The fraction of sp³-hybridized carbons (Fsp3) is 0.688. The summed E-state index contributed by atoms with van der Waals surface area (Å²) in [6.45, 7) is 13.1. The summed E-state index contributed by atoms with van der Waals surface area (Å²) >= 11 is 0. The quantitative estimate of drug-likeness (QED) is 0.235. The molecule has 45 heavy (non-hydrogen) atoms. The number of carbonyl (C=O) groups excluding carboxylic acids is 4. The van der Waals surface area contributed by atoms with Crippen LogP contribution >= 0.6 is 0 Å². The van der Waals surface area contributed by atoms with Crippen molar-refractivity contribution < 1.29 is 38.1 Å². The molecule has 0 aromatic heterocycles. The molecule has 2 unspecified atom stereocenters. The molecule has 1 aliphatic heterocycles. The number of alkyl carbamates (subject to hydrolysis) is 1. The lowest BCUT2D eigenvalue weighted by Gasteiger charge is -2.28. The maximum atomic E-state index is 15.1. The van der Waals surface area contributed by atoms with Crippen molar-refractivity contribution in [3.63, 3.8) is 0 Å². The first-order valence-corrected chi connectivity index (χ1v) is 15.4. The van der Waals surface area contributed by atoms with Crippen LogP contribution in [0.1, 0.15) is 85.6 Å². The van der Waals surface area contributed by atoms with Crippen LogP contribution in [0.2, 0.25) is 0 Å². The standard InChI is InChI=1S/C22H35FN4O5.C10H19NO2/c1-22(2,3)32-21(30)26-16(11-12-18(24)28)14-27(4)17-10-7-9-15(19(17)23)8-5-6-13-31-20(25)29;1-10(2,3)6-9(13)11-5-4-8(12)7-11/h7,9-10,16H,5-6,8,11-14H2,1-4H3,(H2,24,28)(H2,25,29)(H,26,30);8,12H,4-7H2,1-3H3. The zero-order valence-electron chi connectivity index (χ0n) is 28.0. The van der Waals surface area contributed by atoms with E-state index in [1.165, 1.54) is 0 Å². The van der Waals surface area contributed by atoms with Crippen molar-refractivity contribution >= 4 is 29.7 Å². The van der Waals surface area contributed by atoms with Crippen LogP contribution < -0.4 is 21.7 Å². The molecule has 0 aliphatic carbocycles. The second kappa shape index (κ2) is 18.4. The van der Waals surface area contributed by atoms with E-state index in [-0.39, 0.29) is 42.8 Å². The molecular formula is C32H54FN5O7. The monoisotopic (exact) mass is 639 g/mol. The molecule has 2 atom stereocenters. The Morgan fingerprint density at radius 1 is 1.13 bits per heavy atom. The number of rotatable bonds is 13. The predicted octanol–water partition coefficient (Wildman–Crippen LogP) is 3.85. The van der Waals surface area contributed by atoms with Crippen molar-refractivity contribution in [1.29, 1.82) is 0 Å². The van der Waals surface area contributed by atoms with E-state index < -0.39 is 29.7 Å². The number of amides is 4. The van der Waals surface area contributed by atoms with Gasteiger partial charge >= 0.3 is 12.2 Å². The molecule has 256 valence electrons. The number of hydrogen-bond donors (Lipinski definition) is 4. The number of nitrogens with one attached hydrogen (secondary N) is 1. The van der Waals surface area contributed by atoms with Gasteiger partial charge in [0, 0.05) is 39.5 Å². The fourth-order valence-corrected chi connectivity index (χ4v) is 4.61. The topological polar surface area (TPSA) is 178 Å². The molecule has 1 aromatic rings. The van der Waals surface area contributed by atoms with E-state index in [9.17, 15) is 24.3 Å². The molecule has 1 saturated heterocycles. The Morgan fingerprint density at radius 3 is 2.33 bits per heavy atom. The molecule has 12 nitrogen and oxygen atoms in total. The second-order valence-corrected chi connectivity index (χ2v) is 13.6. The van der Waals surface area contributed by atoms with Crippen LogP contribution in [0.5, 0.6) is 0 Å². The van der Waals surface area contributed by atoms with Gasteiger partial charge in [-0.3, -0.25) is 9.59 Å². The third-order valence-electron chi connectivity index (χ3n) is 6.71. The number of nitrogens with zero attached hydrogens (tertiary/aromatic N) is 2. The Hall–Kier alpha value is -3.61. The number of unbranched alkanes of at least 4 members (excludes halogenated alkanes) is 1. The average molecular weight is 640 g/mol. The summed E-state index contributed by atoms with van der Waals surface area (Å²) in [6, 6.07) is 4.62. The van der Waals surface area contributed by atoms with Gasteiger partial charge in [0.2, 0.25) is 11.8 Å². The average Bonchev–Trinajstić information content (AvgIpc) is 3.32. The van der Waals surface area contributed by atoms with Gasteiger partial charge < -0.3 is 41.2 Å². The number of primary amides is 2. The van der Waals surface area contributed by atoms with E-state index in [1.54, 1.807) is 55.8 Å². The minimum absolute atomic E-state index is 0.0463. The van der Waals surface area contributed by atoms with Crippen LogP contribution in [0.4, 0.5) is 19.7 Å². The number of nitrogens with two attached hydrogens (primary N) is 2. The summed E-state index contributed by atoms with van der Waals surface area (Å²) in [5, 5.41) is 12.0. The minimum atomic E-state index is -0.828. The summed E-state index contributed by atoms with van der Waals surface area (Å²) in [5.74, 6) is -0.682. The third kappa shape index (κ3) is 17.5. The Bertz CT molecular complexity index is 1120. The van der Waals surface area contributed by atoms with Gasteiger partial charge in [0.25, 0.3) is 0 Å². The molecule has 0 radical (unpaired) electrons. The normalized spacial score (nSPS) is 15.4. The molecule has 1 aromatic carbocycles. The van der Waals surface area contributed by atoms with E-state index >= 15 is 4.39 Å². The smallest absolute Gasteiger partial charge is 0.407 e. The van der Waals surface area contributed by atoms with Gasteiger partial charge in [-0.15, -0.1) is 0 Å². The Morgan fingerprint density at radius 2 is 1.80 bits per heavy atom. The Kier molecular flexibility index (Phi) is 16.1. The van der Waals surface area contributed by atoms with Crippen LogP contribution in [0.15, 0.2) is 18.2 Å². The summed E-state index contributed by atoms with van der Waals surface area (Å²) in [5.41, 5.74) is 10.4. The molecule has 0 saturated carbocycles. The molecule has 1 fully saturated rings. The van der Waals surface area contributed by atoms with E-state index in [0.717, 1.165) is 13.0 Å². The SMILES string of the molecule is CC(C)(C)CC(=O)N1CCC(O)C1.CN(CC(CCC(N)=O)NC(=O)OC(C)(C)C)c1cccc(CCCCOC(N)=O)c1F. The summed E-state index contributed by atoms with van der Waals surface area (Å²) in [4.78, 5) is 49.1. The number of aryl methyl sites for hydroxylation is 1. The number of benzene rings is 1. The number of halogens is 1. The number of likely N-dealkylation sites (N-methyl/N-ethyl adjacent to an activating group) is 1. The van der Waals surface area contributed by atoms with E-state index in [0.29, 0.717) is 49.9 Å². The zero-order chi connectivity index (χ0) is 34.4. The van der Waals surface area contributed by atoms with Gasteiger partial charge in [-0.25, -0.2) is 14.0 Å². The Balaban J connectivity index is 0.000000645. The number of ether oxygens (including phenoxy) is 2. The highest BCUT2D eigenvalue weighted by molar-refractivity contribution is 5.77. The van der Waals surface area contributed by atoms with Crippen molar-refractivity contribution in [2.24, 2.45) is 16.9 Å². The van der Waals surface area contributed by atoms with Crippen molar-refractivity contribution in [3.8, 4) is 0 Å². The largest absolute Gasteiger partial charge is 0.450 e. The molecule has 13 heteroatoms. The van der Waals surface area contributed by atoms with Gasteiger partial charge in [0.15, 0.2) is 0 Å². The Labute approximate surface area is 267 Å². The molecule has 0 bridgehead atoms. The first-order chi connectivity index (χ1) is 20.8. The number of β-amino-alcohol motifs (C(OH)–C–C–N with tert-alkyl or cyclic N) is 1. The van der Waals surface area contributed by atoms with Gasteiger partial charge in [-0.2, -0.15) is 0 Å². The molecule has 6 N–H and O–H groups in total. The van der Waals surface area contributed by atoms with Crippen LogP contribution in [-0.2, 0) is 25.5 Å². The number of anilines is 1.